The molecule has 1 aromatic heterocycles. The average molecular weight is 428 g/mol. The normalized spacial score (nSPS) is 13.6. The number of hydrogen-bond donors (Lipinski definition) is 2. The lowest BCUT2D eigenvalue weighted by atomic mass is 10.0. The fraction of sp³-hybridized carbons (Fsp3) is 0.217. The third-order valence-electron chi connectivity index (χ3n) is 5.20. The van der Waals surface area contributed by atoms with Gasteiger partial charge >= 0.3 is 6.18 Å². The topological polar surface area (TPSA) is 49.8 Å². The summed E-state index contributed by atoms with van der Waals surface area (Å²) in [6.45, 7) is 6.93. The Morgan fingerprint density at radius 3 is 2.68 bits per heavy atom. The van der Waals surface area contributed by atoms with Crippen molar-refractivity contribution in [1.29, 1.82) is 0 Å². The molecule has 2 aromatic carbocycles. The largest absolute Gasteiger partial charge is 0.417 e. The average Bonchev–Trinajstić information content (AvgIpc) is 2.74. The molecule has 0 atom stereocenters. The molecule has 0 unspecified atom stereocenters. The number of rotatable bonds is 4. The molecule has 2 heterocycles. The lowest BCUT2D eigenvalue weighted by Gasteiger charge is -2.22. The zero-order chi connectivity index (χ0) is 22.2. The Kier molecular flexibility index (Phi) is 5.49. The molecule has 0 bridgehead atoms. The van der Waals surface area contributed by atoms with Crippen molar-refractivity contribution in [3.8, 4) is 11.4 Å². The Balaban J connectivity index is 1.81. The summed E-state index contributed by atoms with van der Waals surface area (Å²) in [5.74, 6) is -0.0500. The van der Waals surface area contributed by atoms with E-state index in [2.05, 4.69) is 27.2 Å². The first kappa shape index (κ1) is 21.0. The van der Waals surface area contributed by atoms with Crippen molar-refractivity contribution in [2.45, 2.75) is 26.1 Å². The summed E-state index contributed by atoms with van der Waals surface area (Å²) in [4.78, 5) is 8.87. The fourth-order valence-electron chi connectivity index (χ4n) is 3.64. The number of halogens is 4. The second-order valence-corrected chi connectivity index (χ2v) is 7.35. The zero-order valence-electron chi connectivity index (χ0n) is 16.8. The molecule has 0 aliphatic carbocycles. The standard InChI is InChI=1S/C23H20F4N4/c1-13-7-8-15(24)11-18(13)14(2)29-22-17-9-10-28-12-20(17)30-21(31-22)16-5-3-4-6-19(16)23(25,26)27/h3-8,11,28H,2,9-10,12H2,1H3,(H,29,30,31). The highest BCUT2D eigenvalue weighted by atomic mass is 19.4. The minimum atomic E-state index is -4.54. The van der Waals surface area contributed by atoms with Crippen molar-refractivity contribution < 1.29 is 17.6 Å². The van der Waals surface area contributed by atoms with Crippen LogP contribution in [0.4, 0.5) is 23.4 Å². The number of fused-ring (bicyclic) bond motifs is 1. The van der Waals surface area contributed by atoms with E-state index in [1.54, 1.807) is 6.07 Å². The molecule has 160 valence electrons. The molecule has 31 heavy (non-hydrogen) atoms. The zero-order valence-corrected chi connectivity index (χ0v) is 16.8. The number of hydrogen-bond acceptors (Lipinski definition) is 4. The molecule has 0 amide bonds. The second-order valence-electron chi connectivity index (χ2n) is 7.35. The highest BCUT2D eigenvalue weighted by Crippen LogP contribution is 2.37. The summed E-state index contributed by atoms with van der Waals surface area (Å²) in [7, 11) is 0. The number of aryl methyl sites for hydroxylation is 1. The third-order valence-corrected chi connectivity index (χ3v) is 5.20. The Labute approximate surface area is 177 Å². The SMILES string of the molecule is C=C(Nc1nc(-c2ccccc2C(F)(F)F)nc2c1CCNC2)c1cc(F)ccc1C. The molecule has 0 spiro atoms. The number of nitrogens with one attached hydrogen (secondary N) is 2. The first-order valence-corrected chi connectivity index (χ1v) is 9.73. The van der Waals surface area contributed by atoms with Crippen molar-refractivity contribution in [1.82, 2.24) is 15.3 Å². The van der Waals surface area contributed by atoms with Gasteiger partial charge in [0.25, 0.3) is 0 Å². The maximum absolute atomic E-state index is 13.8. The minimum absolute atomic E-state index is 0.0263. The number of benzene rings is 2. The molecular formula is C23H20F4N4. The molecule has 0 saturated carbocycles. The summed E-state index contributed by atoms with van der Waals surface area (Å²) in [5.41, 5.74) is 2.32. The van der Waals surface area contributed by atoms with E-state index in [9.17, 15) is 17.6 Å². The summed E-state index contributed by atoms with van der Waals surface area (Å²) < 4.78 is 54.4. The molecule has 0 radical (unpaired) electrons. The van der Waals surface area contributed by atoms with Crippen LogP contribution in [0, 0.1) is 12.7 Å². The Morgan fingerprint density at radius 1 is 1.13 bits per heavy atom. The molecule has 0 saturated heterocycles. The van der Waals surface area contributed by atoms with E-state index in [4.69, 9.17) is 0 Å². The lowest BCUT2D eigenvalue weighted by molar-refractivity contribution is -0.137. The summed E-state index contributed by atoms with van der Waals surface area (Å²) >= 11 is 0. The van der Waals surface area contributed by atoms with Crippen LogP contribution in [0.5, 0.6) is 0 Å². The monoisotopic (exact) mass is 428 g/mol. The first-order chi connectivity index (χ1) is 14.7. The third kappa shape index (κ3) is 4.29. The van der Waals surface area contributed by atoms with Crippen LogP contribution in [-0.2, 0) is 19.1 Å². The van der Waals surface area contributed by atoms with Crippen molar-refractivity contribution in [2.24, 2.45) is 0 Å². The number of alkyl halides is 3. The predicted octanol–water partition coefficient (Wildman–Crippen LogP) is 5.34. The van der Waals surface area contributed by atoms with Crippen LogP contribution in [0.25, 0.3) is 17.1 Å². The van der Waals surface area contributed by atoms with Crippen molar-refractivity contribution in [3.63, 3.8) is 0 Å². The van der Waals surface area contributed by atoms with E-state index < -0.39 is 17.6 Å². The quantitative estimate of drug-likeness (QED) is 0.551. The number of anilines is 1. The van der Waals surface area contributed by atoms with Gasteiger partial charge in [-0.25, -0.2) is 14.4 Å². The Morgan fingerprint density at radius 2 is 1.90 bits per heavy atom. The van der Waals surface area contributed by atoms with E-state index in [-0.39, 0.29) is 11.4 Å². The van der Waals surface area contributed by atoms with Crippen LogP contribution in [0.1, 0.15) is 27.9 Å². The Bertz CT molecular complexity index is 1150. The van der Waals surface area contributed by atoms with Crippen LogP contribution in [0.15, 0.2) is 49.0 Å². The molecule has 4 rings (SSSR count). The van der Waals surface area contributed by atoms with Gasteiger partial charge in [0, 0.05) is 28.9 Å². The molecule has 2 N–H and O–H groups in total. The van der Waals surface area contributed by atoms with Gasteiger partial charge in [-0.3, -0.25) is 0 Å². The Hall–Kier alpha value is -3.26. The van der Waals surface area contributed by atoms with Gasteiger partial charge in [0.1, 0.15) is 11.6 Å². The molecular weight excluding hydrogens is 408 g/mol. The first-order valence-electron chi connectivity index (χ1n) is 9.73. The van der Waals surface area contributed by atoms with Crippen LogP contribution in [0.3, 0.4) is 0 Å². The lowest BCUT2D eigenvalue weighted by Crippen LogP contribution is -2.26. The smallest absolute Gasteiger partial charge is 0.340 e. The number of aromatic nitrogens is 2. The van der Waals surface area contributed by atoms with Crippen LogP contribution in [0.2, 0.25) is 0 Å². The van der Waals surface area contributed by atoms with Gasteiger partial charge < -0.3 is 10.6 Å². The van der Waals surface area contributed by atoms with Crippen LogP contribution in [-0.4, -0.2) is 16.5 Å². The molecule has 3 aromatic rings. The van der Waals surface area contributed by atoms with Crippen molar-refractivity contribution in [2.75, 3.05) is 11.9 Å². The molecule has 0 fully saturated rings. The summed E-state index contributed by atoms with van der Waals surface area (Å²) in [6, 6.07) is 9.58. The van der Waals surface area contributed by atoms with Gasteiger partial charge in [0.05, 0.1) is 11.3 Å². The molecule has 1 aliphatic rings. The minimum Gasteiger partial charge on any atom is -0.340 e. The summed E-state index contributed by atoms with van der Waals surface area (Å²) in [6.07, 6.45) is -3.93. The van der Waals surface area contributed by atoms with Crippen molar-refractivity contribution >= 4 is 11.5 Å². The maximum Gasteiger partial charge on any atom is 0.417 e. The van der Waals surface area contributed by atoms with E-state index >= 15 is 0 Å². The van der Waals surface area contributed by atoms with Crippen LogP contribution >= 0.6 is 0 Å². The van der Waals surface area contributed by atoms with Gasteiger partial charge in [0.2, 0.25) is 0 Å². The van der Waals surface area contributed by atoms with Crippen molar-refractivity contribution in [3.05, 3.63) is 82.8 Å². The highest BCUT2D eigenvalue weighted by molar-refractivity contribution is 5.78. The van der Waals surface area contributed by atoms with E-state index in [1.807, 2.05) is 6.92 Å². The van der Waals surface area contributed by atoms with E-state index in [1.165, 1.54) is 30.3 Å². The molecule has 4 nitrogen and oxygen atoms in total. The van der Waals surface area contributed by atoms with Gasteiger partial charge in [-0.2, -0.15) is 13.2 Å². The highest BCUT2D eigenvalue weighted by Gasteiger charge is 2.34. The van der Waals surface area contributed by atoms with E-state index in [0.717, 1.165) is 17.2 Å². The van der Waals surface area contributed by atoms with Gasteiger partial charge in [0.15, 0.2) is 5.82 Å². The summed E-state index contributed by atoms with van der Waals surface area (Å²) in [5, 5.41) is 6.28. The maximum atomic E-state index is 13.8. The predicted molar refractivity (Wildman–Crippen MR) is 112 cm³/mol. The molecule has 8 heteroatoms. The van der Waals surface area contributed by atoms with Gasteiger partial charge in [-0.1, -0.05) is 30.8 Å². The fourth-order valence-corrected chi connectivity index (χ4v) is 3.64. The molecule has 1 aliphatic heterocycles. The number of nitrogens with zero attached hydrogens (tertiary/aromatic N) is 2. The van der Waals surface area contributed by atoms with Gasteiger partial charge in [-0.05, 0) is 43.7 Å². The van der Waals surface area contributed by atoms with Gasteiger partial charge in [-0.15, -0.1) is 0 Å². The second kappa shape index (κ2) is 8.11. The van der Waals surface area contributed by atoms with Crippen LogP contribution < -0.4 is 10.6 Å². The van der Waals surface area contributed by atoms with E-state index in [0.29, 0.717) is 42.3 Å².